The number of hydrazone groups is 1. The molecule has 0 unspecified atom stereocenters. The second kappa shape index (κ2) is 6.01. The lowest BCUT2D eigenvalue weighted by Gasteiger charge is -2.06. The fraction of sp³-hybridized carbons (Fsp3) is 0.176. The number of rotatable bonds is 2. The van der Waals surface area contributed by atoms with E-state index in [4.69, 9.17) is 11.6 Å². The van der Waals surface area contributed by atoms with Crippen LogP contribution in [-0.4, -0.2) is 16.7 Å². The minimum absolute atomic E-state index is 0.0403. The quantitative estimate of drug-likeness (QED) is 0.821. The molecule has 0 saturated heterocycles. The van der Waals surface area contributed by atoms with Crippen molar-refractivity contribution in [3.63, 3.8) is 0 Å². The lowest BCUT2D eigenvalue weighted by molar-refractivity contribution is 0.0954. The topological polar surface area (TPSA) is 61.7 Å². The molecule has 2 aromatic carbocycles. The third kappa shape index (κ3) is 2.92. The average Bonchev–Trinajstić information content (AvgIpc) is 2.86. The van der Waals surface area contributed by atoms with Crippen molar-refractivity contribution in [2.45, 2.75) is 19.3 Å². The molecule has 1 aliphatic rings. The normalized spacial score (nSPS) is 18.0. The van der Waals surface area contributed by atoms with E-state index in [9.17, 15) is 14.3 Å². The Balaban J connectivity index is 1.89. The Hall–Kier alpha value is -2.40. The first-order chi connectivity index (χ1) is 11.0. The standard InChI is InChI=1S/C17H14ClFN2O2/c1-9-7-13(16-14(22)6-5-12(19)15(9)16)20-21-17(23)10-3-2-4-11(18)8-10/h2-6,8-9,22H,7H2,1H3,(H,21,23)/b20-13+/t9-/m1/s1. The number of carbonyl (C=O) groups excluding carboxylic acids is 1. The predicted molar refractivity (Wildman–Crippen MR) is 86.6 cm³/mol. The van der Waals surface area contributed by atoms with Crippen LogP contribution in [0.15, 0.2) is 41.5 Å². The number of nitrogens with one attached hydrogen (secondary N) is 1. The minimum atomic E-state index is -0.419. The van der Waals surface area contributed by atoms with Crippen molar-refractivity contribution in [3.8, 4) is 5.75 Å². The summed E-state index contributed by atoms with van der Waals surface area (Å²) in [7, 11) is 0. The number of nitrogens with zero attached hydrogens (tertiary/aromatic N) is 1. The molecule has 4 nitrogen and oxygen atoms in total. The van der Waals surface area contributed by atoms with Gasteiger partial charge in [0.15, 0.2) is 0 Å². The summed E-state index contributed by atoms with van der Waals surface area (Å²) in [6.45, 7) is 1.85. The molecule has 0 heterocycles. The van der Waals surface area contributed by atoms with Gasteiger partial charge in [-0.15, -0.1) is 0 Å². The number of carbonyl (C=O) groups is 1. The van der Waals surface area contributed by atoms with Gasteiger partial charge in [0.1, 0.15) is 11.6 Å². The SMILES string of the molecule is C[C@@H]1C/C(=N\NC(=O)c2cccc(Cl)c2)c2c(O)ccc(F)c21. The summed E-state index contributed by atoms with van der Waals surface area (Å²) in [5.41, 5.74) is 4.06. The van der Waals surface area contributed by atoms with Crippen LogP contribution in [0.5, 0.6) is 5.75 Å². The maximum atomic E-state index is 13.9. The van der Waals surface area contributed by atoms with Crippen LogP contribution in [0.25, 0.3) is 0 Å². The number of fused-ring (bicyclic) bond motifs is 1. The van der Waals surface area contributed by atoms with Crippen molar-refractivity contribution in [2.75, 3.05) is 0 Å². The molecule has 2 aromatic rings. The van der Waals surface area contributed by atoms with E-state index in [2.05, 4.69) is 10.5 Å². The van der Waals surface area contributed by atoms with E-state index in [1.54, 1.807) is 18.2 Å². The van der Waals surface area contributed by atoms with E-state index in [1.165, 1.54) is 18.2 Å². The summed E-state index contributed by atoms with van der Waals surface area (Å²) in [5, 5.41) is 14.5. The van der Waals surface area contributed by atoms with Crippen LogP contribution in [0.2, 0.25) is 5.02 Å². The molecule has 3 rings (SSSR count). The molecule has 0 saturated carbocycles. The van der Waals surface area contributed by atoms with Gasteiger partial charge in [0.2, 0.25) is 0 Å². The molecule has 0 aromatic heterocycles. The molecule has 23 heavy (non-hydrogen) atoms. The second-order valence-electron chi connectivity index (χ2n) is 5.47. The second-order valence-corrected chi connectivity index (χ2v) is 5.91. The maximum absolute atomic E-state index is 13.9. The van der Waals surface area contributed by atoms with E-state index >= 15 is 0 Å². The number of hydrogen-bond donors (Lipinski definition) is 2. The van der Waals surface area contributed by atoms with E-state index in [0.29, 0.717) is 33.8 Å². The van der Waals surface area contributed by atoms with Crippen LogP contribution >= 0.6 is 11.6 Å². The minimum Gasteiger partial charge on any atom is -0.507 e. The highest BCUT2D eigenvalue weighted by atomic mass is 35.5. The highest BCUT2D eigenvalue weighted by Gasteiger charge is 2.30. The smallest absolute Gasteiger partial charge is 0.271 e. The van der Waals surface area contributed by atoms with Crippen molar-refractivity contribution in [3.05, 3.63) is 63.9 Å². The van der Waals surface area contributed by atoms with Crippen LogP contribution in [-0.2, 0) is 0 Å². The van der Waals surface area contributed by atoms with Gasteiger partial charge >= 0.3 is 0 Å². The molecule has 0 aliphatic heterocycles. The Morgan fingerprint density at radius 1 is 1.39 bits per heavy atom. The number of phenolic OH excluding ortho intramolecular Hbond substituents is 1. The van der Waals surface area contributed by atoms with Crippen molar-refractivity contribution in [2.24, 2.45) is 5.10 Å². The molecule has 2 N–H and O–H groups in total. The van der Waals surface area contributed by atoms with Crippen LogP contribution < -0.4 is 5.43 Å². The first kappa shape index (κ1) is 15.5. The number of halogens is 2. The number of amides is 1. The number of benzene rings is 2. The van der Waals surface area contributed by atoms with E-state index in [0.717, 1.165) is 0 Å². The predicted octanol–water partition coefficient (Wildman–Crippen LogP) is 3.83. The van der Waals surface area contributed by atoms with Crippen LogP contribution in [0.1, 0.15) is 40.7 Å². The van der Waals surface area contributed by atoms with Gasteiger partial charge < -0.3 is 5.11 Å². The van der Waals surface area contributed by atoms with Crippen molar-refractivity contribution in [1.82, 2.24) is 5.43 Å². The lowest BCUT2D eigenvalue weighted by atomic mass is 10.0. The molecule has 0 radical (unpaired) electrons. The Morgan fingerprint density at radius 2 is 2.17 bits per heavy atom. The van der Waals surface area contributed by atoms with Gasteiger partial charge in [-0.2, -0.15) is 5.10 Å². The molecule has 1 atom stereocenters. The van der Waals surface area contributed by atoms with Gasteiger partial charge in [-0.1, -0.05) is 24.6 Å². The highest BCUT2D eigenvalue weighted by molar-refractivity contribution is 6.31. The molecule has 6 heteroatoms. The summed E-state index contributed by atoms with van der Waals surface area (Å²) < 4.78 is 13.9. The number of aromatic hydroxyl groups is 1. The van der Waals surface area contributed by atoms with Crippen LogP contribution in [0.3, 0.4) is 0 Å². The first-order valence-corrected chi connectivity index (χ1v) is 7.49. The third-order valence-electron chi connectivity index (χ3n) is 3.83. The van der Waals surface area contributed by atoms with Gasteiger partial charge in [-0.05, 0) is 42.7 Å². The van der Waals surface area contributed by atoms with Gasteiger partial charge in [-0.25, -0.2) is 9.82 Å². The molecular weight excluding hydrogens is 319 g/mol. The van der Waals surface area contributed by atoms with E-state index < -0.39 is 5.91 Å². The Morgan fingerprint density at radius 3 is 2.91 bits per heavy atom. The third-order valence-corrected chi connectivity index (χ3v) is 4.07. The van der Waals surface area contributed by atoms with Gasteiger partial charge in [0.25, 0.3) is 5.91 Å². The molecule has 118 valence electrons. The lowest BCUT2D eigenvalue weighted by Crippen LogP contribution is -2.19. The zero-order chi connectivity index (χ0) is 16.6. The number of phenols is 1. The van der Waals surface area contributed by atoms with Crippen LogP contribution in [0, 0.1) is 5.82 Å². The van der Waals surface area contributed by atoms with Crippen molar-refractivity contribution >= 4 is 23.2 Å². The van der Waals surface area contributed by atoms with Crippen LogP contribution in [0.4, 0.5) is 4.39 Å². The summed E-state index contributed by atoms with van der Waals surface area (Å²) in [6.07, 6.45) is 0.444. The Bertz CT molecular complexity index is 820. The molecule has 0 bridgehead atoms. The van der Waals surface area contributed by atoms with Crippen molar-refractivity contribution < 1.29 is 14.3 Å². The summed E-state index contributed by atoms with van der Waals surface area (Å²) in [4.78, 5) is 12.1. The van der Waals surface area contributed by atoms with Gasteiger partial charge in [0, 0.05) is 21.7 Å². The summed E-state index contributed by atoms with van der Waals surface area (Å²) in [5.74, 6) is -0.950. The van der Waals surface area contributed by atoms with Gasteiger partial charge in [0.05, 0.1) is 5.71 Å². The molecule has 1 amide bonds. The van der Waals surface area contributed by atoms with E-state index in [1.807, 2.05) is 6.92 Å². The zero-order valence-corrected chi connectivity index (χ0v) is 13.1. The molecule has 1 aliphatic carbocycles. The average molecular weight is 333 g/mol. The molecule has 0 fully saturated rings. The monoisotopic (exact) mass is 332 g/mol. The Kier molecular flexibility index (Phi) is 4.05. The maximum Gasteiger partial charge on any atom is 0.271 e. The van der Waals surface area contributed by atoms with E-state index in [-0.39, 0.29) is 17.5 Å². The van der Waals surface area contributed by atoms with Gasteiger partial charge in [-0.3, -0.25) is 4.79 Å². The number of hydrogen-bond acceptors (Lipinski definition) is 3. The Labute approximate surface area is 137 Å². The largest absolute Gasteiger partial charge is 0.507 e. The zero-order valence-electron chi connectivity index (χ0n) is 12.3. The fourth-order valence-corrected chi connectivity index (χ4v) is 2.97. The first-order valence-electron chi connectivity index (χ1n) is 7.11. The molecule has 0 spiro atoms. The summed E-state index contributed by atoms with van der Waals surface area (Å²) in [6, 6.07) is 9.00. The molecular formula is C17H14ClFN2O2. The van der Waals surface area contributed by atoms with Crippen molar-refractivity contribution in [1.29, 1.82) is 0 Å². The fourth-order valence-electron chi connectivity index (χ4n) is 2.78. The summed E-state index contributed by atoms with van der Waals surface area (Å²) >= 11 is 5.85. The highest BCUT2D eigenvalue weighted by Crippen LogP contribution is 2.39.